The molecule has 0 aliphatic carbocycles. The Morgan fingerprint density at radius 3 is 2.68 bits per heavy atom. The highest BCUT2D eigenvalue weighted by atomic mass is 16.6. The quantitative estimate of drug-likeness (QED) is 0.679. The Morgan fingerprint density at radius 1 is 1.24 bits per heavy atom. The van der Waals surface area contributed by atoms with E-state index in [0.29, 0.717) is 11.1 Å². The zero-order valence-corrected chi connectivity index (χ0v) is 13.9. The number of non-ortho nitro benzene ring substituents is 1. The van der Waals surface area contributed by atoms with Crippen molar-refractivity contribution in [3.05, 3.63) is 87.0 Å². The molecule has 0 amide bonds. The van der Waals surface area contributed by atoms with E-state index in [1.165, 1.54) is 12.1 Å². The lowest BCUT2D eigenvalue weighted by Crippen LogP contribution is -2.23. The maximum atomic E-state index is 11.2. The number of nitro benzene ring substituents is 1. The molecular weight excluding hydrogens is 316 g/mol. The third-order valence-electron chi connectivity index (χ3n) is 4.27. The summed E-state index contributed by atoms with van der Waals surface area (Å²) in [4.78, 5) is 14.9. The fraction of sp³-hybridized carbons (Fsp3) is 0.158. The summed E-state index contributed by atoms with van der Waals surface area (Å²) < 4.78 is 0. The molecule has 0 saturated carbocycles. The van der Waals surface area contributed by atoms with Gasteiger partial charge in [0.1, 0.15) is 0 Å². The largest absolute Gasteiger partial charge is 0.362 e. The maximum Gasteiger partial charge on any atom is 0.269 e. The molecule has 1 aromatic heterocycles. The van der Waals surface area contributed by atoms with Crippen LogP contribution in [0.1, 0.15) is 30.9 Å². The number of hydrogen-bond acceptors (Lipinski definition) is 5. The number of nitrogens with one attached hydrogen (secondary N) is 1. The summed E-state index contributed by atoms with van der Waals surface area (Å²) in [5.41, 5.74) is 4.70. The van der Waals surface area contributed by atoms with Gasteiger partial charge in [0, 0.05) is 41.8 Å². The summed E-state index contributed by atoms with van der Waals surface area (Å²) in [5.74, 6) is -0.379. The minimum absolute atomic E-state index is 0.00849. The Kier molecular flexibility index (Phi) is 4.31. The van der Waals surface area contributed by atoms with Gasteiger partial charge in [-0.1, -0.05) is 18.2 Å². The molecule has 0 spiro atoms. The summed E-state index contributed by atoms with van der Waals surface area (Å²) in [6, 6.07) is 12.5. The van der Waals surface area contributed by atoms with E-state index in [2.05, 4.69) is 16.4 Å². The molecule has 1 aromatic carbocycles. The van der Waals surface area contributed by atoms with Crippen molar-refractivity contribution in [3.63, 3.8) is 0 Å². The monoisotopic (exact) mass is 332 g/mol. The number of nitriles is 1. The predicted molar refractivity (Wildman–Crippen MR) is 94.1 cm³/mol. The molecule has 2 aromatic rings. The van der Waals surface area contributed by atoms with Gasteiger partial charge in [0.2, 0.25) is 0 Å². The van der Waals surface area contributed by atoms with Crippen LogP contribution in [0.3, 0.4) is 0 Å². The number of dihydropyridines is 1. The number of allylic oxidation sites excluding steroid dienone is 4. The molecule has 1 unspecified atom stereocenters. The lowest BCUT2D eigenvalue weighted by Gasteiger charge is -2.29. The van der Waals surface area contributed by atoms with Gasteiger partial charge in [0.15, 0.2) is 0 Å². The number of rotatable bonds is 3. The van der Waals surface area contributed by atoms with E-state index in [0.717, 1.165) is 22.5 Å². The number of hydrogen-bond donors (Lipinski definition) is 1. The average Bonchev–Trinajstić information content (AvgIpc) is 2.62. The van der Waals surface area contributed by atoms with Gasteiger partial charge in [-0.3, -0.25) is 15.1 Å². The number of benzene rings is 1. The third-order valence-corrected chi connectivity index (χ3v) is 4.27. The molecule has 25 heavy (non-hydrogen) atoms. The molecule has 6 nitrogen and oxygen atoms in total. The van der Waals surface area contributed by atoms with Crippen LogP contribution in [0.2, 0.25) is 0 Å². The van der Waals surface area contributed by atoms with Crippen LogP contribution in [0.15, 0.2) is 65.8 Å². The highest BCUT2D eigenvalue weighted by Gasteiger charge is 2.30. The number of pyridine rings is 1. The zero-order valence-electron chi connectivity index (χ0n) is 13.9. The van der Waals surface area contributed by atoms with Crippen LogP contribution in [0.4, 0.5) is 5.69 Å². The molecule has 1 aliphatic heterocycles. The van der Waals surface area contributed by atoms with Gasteiger partial charge < -0.3 is 5.32 Å². The Bertz CT molecular complexity index is 939. The second-order valence-electron chi connectivity index (χ2n) is 5.84. The predicted octanol–water partition coefficient (Wildman–Crippen LogP) is 3.91. The summed E-state index contributed by atoms with van der Waals surface area (Å²) in [6.45, 7) is 3.77. The average molecular weight is 332 g/mol. The van der Waals surface area contributed by atoms with Crippen molar-refractivity contribution < 1.29 is 4.92 Å². The highest BCUT2D eigenvalue weighted by molar-refractivity contribution is 5.80. The molecule has 0 fully saturated rings. The van der Waals surface area contributed by atoms with Crippen molar-refractivity contribution in [2.45, 2.75) is 19.8 Å². The van der Waals surface area contributed by atoms with E-state index in [9.17, 15) is 15.4 Å². The van der Waals surface area contributed by atoms with Gasteiger partial charge in [-0.25, -0.2) is 0 Å². The summed E-state index contributed by atoms with van der Waals surface area (Å²) in [5, 5.41) is 24.1. The third kappa shape index (κ3) is 3.00. The van der Waals surface area contributed by atoms with Crippen molar-refractivity contribution in [2.75, 3.05) is 0 Å². The van der Waals surface area contributed by atoms with Gasteiger partial charge in [-0.05, 0) is 36.6 Å². The van der Waals surface area contributed by atoms with Crippen LogP contribution >= 0.6 is 0 Å². The Morgan fingerprint density at radius 2 is 2.04 bits per heavy atom. The second kappa shape index (κ2) is 6.57. The van der Waals surface area contributed by atoms with Crippen LogP contribution in [0.25, 0.3) is 5.57 Å². The fourth-order valence-electron chi connectivity index (χ4n) is 3.20. The van der Waals surface area contributed by atoms with Crippen molar-refractivity contribution in [3.8, 4) is 6.07 Å². The number of nitro groups is 1. The number of nitrogens with zero attached hydrogens (tertiary/aromatic N) is 3. The lowest BCUT2D eigenvalue weighted by atomic mass is 9.78. The SMILES string of the molecule is CC1=C(C#N)C(c2cccc([N+](=O)[O-])c2)C(c2cccnc2)=C(C)N1. The first kappa shape index (κ1) is 16.4. The van der Waals surface area contributed by atoms with Crippen LogP contribution in [0, 0.1) is 21.4 Å². The van der Waals surface area contributed by atoms with Gasteiger partial charge in [0.25, 0.3) is 5.69 Å². The standard InChI is InChI=1S/C19H16N4O2/c1-12-17(10-20)19(14-5-3-7-16(9-14)23(24)25)18(13(2)22-12)15-6-4-8-21-11-15/h3-9,11,19,22H,1-2H3. The minimum atomic E-state index is -0.423. The van der Waals surface area contributed by atoms with Crippen molar-refractivity contribution in [1.29, 1.82) is 5.26 Å². The van der Waals surface area contributed by atoms with Crippen LogP contribution in [-0.2, 0) is 0 Å². The zero-order chi connectivity index (χ0) is 18.0. The first-order valence-corrected chi connectivity index (χ1v) is 7.76. The van der Waals surface area contributed by atoms with E-state index >= 15 is 0 Å². The summed E-state index contributed by atoms with van der Waals surface area (Å²) >= 11 is 0. The molecule has 0 bridgehead atoms. The Labute approximate surface area is 145 Å². The van der Waals surface area contributed by atoms with Gasteiger partial charge >= 0.3 is 0 Å². The van der Waals surface area contributed by atoms with E-state index < -0.39 is 4.92 Å². The van der Waals surface area contributed by atoms with Crippen LogP contribution in [0.5, 0.6) is 0 Å². The Hall–Kier alpha value is -3.46. The molecule has 0 radical (unpaired) electrons. The van der Waals surface area contributed by atoms with E-state index in [1.807, 2.05) is 32.0 Å². The highest BCUT2D eigenvalue weighted by Crippen LogP contribution is 2.43. The van der Waals surface area contributed by atoms with E-state index in [1.54, 1.807) is 18.5 Å². The summed E-state index contributed by atoms with van der Waals surface area (Å²) in [6.07, 6.45) is 3.42. The van der Waals surface area contributed by atoms with Crippen molar-refractivity contribution >= 4 is 11.3 Å². The molecular formula is C19H16N4O2. The topological polar surface area (TPSA) is 91.8 Å². The van der Waals surface area contributed by atoms with Gasteiger partial charge in [-0.15, -0.1) is 0 Å². The van der Waals surface area contributed by atoms with Gasteiger partial charge in [-0.2, -0.15) is 5.26 Å². The minimum Gasteiger partial charge on any atom is -0.362 e. The normalized spacial score (nSPS) is 17.1. The molecule has 2 heterocycles. The van der Waals surface area contributed by atoms with Crippen molar-refractivity contribution in [1.82, 2.24) is 10.3 Å². The lowest BCUT2D eigenvalue weighted by molar-refractivity contribution is -0.384. The van der Waals surface area contributed by atoms with E-state index in [4.69, 9.17) is 0 Å². The maximum absolute atomic E-state index is 11.2. The molecule has 1 atom stereocenters. The Balaban J connectivity index is 2.23. The summed E-state index contributed by atoms with van der Waals surface area (Å²) in [7, 11) is 0. The van der Waals surface area contributed by atoms with Crippen LogP contribution < -0.4 is 5.32 Å². The van der Waals surface area contributed by atoms with Gasteiger partial charge in [0.05, 0.1) is 16.6 Å². The fourth-order valence-corrected chi connectivity index (χ4v) is 3.20. The first-order chi connectivity index (χ1) is 12.0. The van der Waals surface area contributed by atoms with Crippen molar-refractivity contribution in [2.24, 2.45) is 0 Å². The molecule has 1 aliphatic rings. The molecule has 124 valence electrons. The van der Waals surface area contributed by atoms with E-state index in [-0.39, 0.29) is 11.6 Å². The molecule has 1 N–H and O–H groups in total. The number of aromatic nitrogens is 1. The molecule has 3 rings (SSSR count). The molecule has 6 heteroatoms. The second-order valence-corrected chi connectivity index (χ2v) is 5.84. The first-order valence-electron chi connectivity index (χ1n) is 7.76. The smallest absolute Gasteiger partial charge is 0.269 e. The molecule has 0 saturated heterocycles. The van der Waals surface area contributed by atoms with Crippen LogP contribution in [-0.4, -0.2) is 9.91 Å².